The van der Waals surface area contributed by atoms with Gasteiger partial charge in [-0.25, -0.2) is 0 Å². The van der Waals surface area contributed by atoms with Crippen molar-refractivity contribution in [3.05, 3.63) is 22.5 Å². The minimum atomic E-state index is 0. The van der Waals surface area contributed by atoms with E-state index in [0.717, 1.165) is 24.4 Å². The Bertz CT molecular complexity index is 495. The first kappa shape index (κ1) is 23.5. The van der Waals surface area contributed by atoms with Crippen LogP contribution in [0.4, 0.5) is 0 Å². The zero-order valence-electron chi connectivity index (χ0n) is 17.0. The zero-order valence-corrected chi connectivity index (χ0v) is 17.0. The Morgan fingerprint density at radius 1 is 0.920 bits per heavy atom. The van der Waals surface area contributed by atoms with Gasteiger partial charge in [0.1, 0.15) is 5.70 Å². The molecular formula is C21H41N3O. The number of carbonyl (C=O) groups excluding carboxylic acids is 1. The Hall–Kier alpha value is -1.45. The Balaban J connectivity index is 0.000000449. The van der Waals surface area contributed by atoms with Crippen molar-refractivity contribution < 1.29 is 4.79 Å². The van der Waals surface area contributed by atoms with Crippen molar-refractivity contribution >= 4 is 5.91 Å². The summed E-state index contributed by atoms with van der Waals surface area (Å²) in [7, 11) is 0. The quantitative estimate of drug-likeness (QED) is 0.742. The second-order valence-corrected chi connectivity index (χ2v) is 7.73. The number of hydrogen-bond acceptors (Lipinski definition) is 3. The summed E-state index contributed by atoms with van der Waals surface area (Å²) < 4.78 is 0. The normalized spacial score (nSPS) is 17.3. The maximum Gasteiger partial charge on any atom is 0.267 e. The van der Waals surface area contributed by atoms with Crippen LogP contribution in [0.25, 0.3) is 0 Å². The number of nitrogens with one attached hydrogen (secondary N) is 1. The van der Waals surface area contributed by atoms with Crippen LogP contribution in [-0.2, 0) is 4.79 Å². The summed E-state index contributed by atoms with van der Waals surface area (Å²) in [5, 5.41) is 2.86. The number of likely N-dealkylation sites (tertiary alicyclic amines) is 1. The van der Waals surface area contributed by atoms with Crippen molar-refractivity contribution in [1.82, 2.24) is 15.1 Å². The van der Waals surface area contributed by atoms with Gasteiger partial charge in [0.25, 0.3) is 5.91 Å². The Morgan fingerprint density at radius 3 is 1.84 bits per heavy atom. The van der Waals surface area contributed by atoms with E-state index in [0.29, 0.717) is 12.1 Å². The molecule has 0 unspecified atom stereocenters. The lowest BCUT2D eigenvalue weighted by atomic mass is 10.1. The molecule has 2 fully saturated rings. The SMILES string of the molecule is C.CC(C)=C1C(=O)NCCN1C(C)C.CC(C)=C1CCCN1C(C)C. The van der Waals surface area contributed by atoms with Crippen LogP contribution in [0.1, 0.15) is 75.7 Å². The van der Waals surface area contributed by atoms with E-state index in [-0.39, 0.29) is 13.3 Å². The van der Waals surface area contributed by atoms with E-state index in [4.69, 9.17) is 0 Å². The predicted molar refractivity (Wildman–Crippen MR) is 109 cm³/mol. The topological polar surface area (TPSA) is 35.6 Å². The number of amides is 1. The standard InChI is InChI=1S/C10H18N2O.C10H19N.CH4/c1-7(2)9-10(13)11-5-6-12(9)8(3)4;1-8(2)10-6-5-7-11(10)9(3)4;/h8H,5-6H2,1-4H3,(H,11,13);9H,5-7H2,1-4H3;1H4. The number of allylic oxidation sites excluding steroid dienone is 3. The fraction of sp³-hybridized carbons (Fsp3) is 0.762. The van der Waals surface area contributed by atoms with Gasteiger partial charge in [-0.3, -0.25) is 4.79 Å². The van der Waals surface area contributed by atoms with Crippen LogP contribution in [0.15, 0.2) is 22.5 Å². The third kappa shape index (κ3) is 6.41. The second kappa shape index (κ2) is 10.5. The molecule has 2 saturated heterocycles. The van der Waals surface area contributed by atoms with E-state index < -0.39 is 0 Å². The van der Waals surface area contributed by atoms with Crippen LogP contribution in [0.3, 0.4) is 0 Å². The highest BCUT2D eigenvalue weighted by Gasteiger charge is 2.24. The maximum absolute atomic E-state index is 11.5. The molecule has 0 aromatic rings. The van der Waals surface area contributed by atoms with Crippen LogP contribution in [-0.4, -0.2) is 47.4 Å². The zero-order chi connectivity index (χ0) is 18.4. The highest BCUT2D eigenvalue weighted by molar-refractivity contribution is 5.94. The highest BCUT2D eigenvalue weighted by Crippen LogP contribution is 2.25. The fourth-order valence-corrected chi connectivity index (χ4v) is 3.45. The van der Waals surface area contributed by atoms with Gasteiger partial charge >= 0.3 is 0 Å². The molecule has 2 rings (SSSR count). The lowest BCUT2D eigenvalue weighted by molar-refractivity contribution is -0.120. The molecule has 0 bridgehead atoms. The van der Waals surface area contributed by atoms with E-state index in [1.165, 1.54) is 25.0 Å². The molecule has 0 spiro atoms. The van der Waals surface area contributed by atoms with Crippen LogP contribution >= 0.6 is 0 Å². The van der Waals surface area contributed by atoms with Gasteiger partial charge in [0.05, 0.1) is 0 Å². The van der Waals surface area contributed by atoms with E-state index in [9.17, 15) is 4.79 Å². The lowest BCUT2D eigenvalue weighted by Crippen LogP contribution is -2.48. The molecule has 0 aromatic heterocycles. The van der Waals surface area contributed by atoms with Crippen molar-refractivity contribution in [2.45, 2.75) is 87.7 Å². The van der Waals surface area contributed by atoms with Crippen LogP contribution in [0, 0.1) is 0 Å². The molecule has 0 aliphatic carbocycles. The van der Waals surface area contributed by atoms with Crippen molar-refractivity contribution in [2.75, 3.05) is 19.6 Å². The average molecular weight is 352 g/mol. The predicted octanol–water partition coefficient (Wildman–Crippen LogP) is 4.54. The summed E-state index contributed by atoms with van der Waals surface area (Å²) in [6, 6.07) is 1.08. The van der Waals surface area contributed by atoms with E-state index in [1.54, 1.807) is 5.70 Å². The highest BCUT2D eigenvalue weighted by atomic mass is 16.2. The Morgan fingerprint density at radius 2 is 1.48 bits per heavy atom. The van der Waals surface area contributed by atoms with Crippen molar-refractivity contribution in [1.29, 1.82) is 0 Å². The fourth-order valence-electron chi connectivity index (χ4n) is 3.45. The summed E-state index contributed by atoms with van der Waals surface area (Å²) in [6.45, 7) is 20.1. The number of piperazine rings is 1. The molecular weight excluding hydrogens is 310 g/mol. The van der Waals surface area contributed by atoms with Gasteiger partial charge in [-0.2, -0.15) is 0 Å². The smallest absolute Gasteiger partial charge is 0.267 e. The summed E-state index contributed by atoms with van der Waals surface area (Å²) in [5.74, 6) is 0.0694. The molecule has 2 heterocycles. The van der Waals surface area contributed by atoms with Gasteiger partial charge in [-0.15, -0.1) is 0 Å². The number of nitrogens with zero attached hydrogens (tertiary/aromatic N) is 2. The molecule has 2 aliphatic heterocycles. The number of hydrogen-bond donors (Lipinski definition) is 1. The third-order valence-corrected chi connectivity index (χ3v) is 4.60. The van der Waals surface area contributed by atoms with Crippen LogP contribution in [0.5, 0.6) is 0 Å². The van der Waals surface area contributed by atoms with Gasteiger partial charge < -0.3 is 15.1 Å². The second-order valence-electron chi connectivity index (χ2n) is 7.73. The first-order valence-corrected chi connectivity index (χ1v) is 9.32. The molecule has 4 nitrogen and oxygen atoms in total. The molecule has 0 aromatic carbocycles. The summed E-state index contributed by atoms with van der Waals surface area (Å²) in [4.78, 5) is 16.2. The summed E-state index contributed by atoms with van der Waals surface area (Å²) in [6.07, 6.45) is 2.64. The lowest BCUT2D eigenvalue weighted by Gasteiger charge is -2.35. The third-order valence-electron chi connectivity index (χ3n) is 4.60. The minimum absolute atomic E-state index is 0. The summed E-state index contributed by atoms with van der Waals surface area (Å²) >= 11 is 0. The first-order chi connectivity index (χ1) is 11.2. The summed E-state index contributed by atoms with van der Waals surface area (Å²) in [5.41, 5.74) is 5.02. The van der Waals surface area contributed by atoms with E-state index in [1.807, 2.05) is 13.8 Å². The van der Waals surface area contributed by atoms with Gasteiger partial charge in [0, 0.05) is 37.4 Å². The van der Waals surface area contributed by atoms with Gasteiger partial charge in [-0.1, -0.05) is 13.0 Å². The number of carbonyl (C=O) groups is 1. The molecule has 4 heteroatoms. The maximum atomic E-state index is 11.5. The Kier molecular flexibility index (Phi) is 9.91. The van der Waals surface area contributed by atoms with E-state index in [2.05, 4.69) is 56.7 Å². The molecule has 0 radical (unpaired) electrons. The van der Waals surface area contributed by atoms with Crippen molar-refractivity contribution in [3.8, 4) is 0 Å². The molecule has 25 heavy (non-hydrogen) atoms. The largest absolute Gasteiger partial charge is 0.372 e. The molecule has 1 N–H and O–H groups in total. The van der Waals surface area contributed by atoms with Gasteiger partial charge in [0.15, 0.2) is 0 Å². The minimum Gasteiger partial charge on any atom is -0.372 e. The van der Waals surface area contributed by atoms with Crippen molar-refractivity contribution in [2.24, 2.45) is 0 Å². The first-order valence-electron chi connectivity index (χ1n) is 9.32. The van der Waals surface area contributed by atoms with Gasteiger partial charge in [0.2, 0.25) is 0 Å². The Labute approximate surface area is 156 Å². The molecule has 146 valence electrons. The van der Waals surface area contributed by atoms with Crippen molar-refractivity contribution in [3.63, 3.8) is 0 Å². The monoisotopic (exact) mass is 351 g/mol. The molecule has 0 atom stereocenters. The van der Waals surface area contributed by atoms with Crippen LogP contribution in [0.2, 0.25) is 0 Å². The number of rotatable bonds is 2. The average Bonchev–Trinajstić information content (AvgIpc) is 2.97. The molecule has 0 saturated carbocycles. The molecule has 2 aliphatic rings. The van der Waals surface area contributed by atoms with E-state index >= 15 is 0 Å². The molecule has 1 amide bonds. The van der Waals surface area contributed by atoms with Gasteiger partial charge in [-0.05, 0) is 73.8 Å². The van der Waals surface area contributed by atoms with Crippen LogP contribution < -0.4 is 5.32 Å².